The number of anilines is 1. The number of nitrogens with one attached hydrogen (secondary N) is 1. The summed E-state index contributed by atoms with van der Waals surface area (Å²) in [4.78, 5) is 33.7. The van der Waals surface area contributed by atoms with Crippen molar-refractivity contribution in [2.45, 2.75) is 13.5 Å². The van der Waals surface area contributed by atoms with Crippen molar-refractivity contribution in [3.63, 3.8) is 0 Å². The van der Waals surface area contributed by atoms with Crippen LogP contribution >= 0.6 is 0 Å². The molecular weight excluding hydrogens is 445 g/mol. The number of ether oxygens (including phenoxy) is 1. The first-order valence-corrected chi connectivity index (χ1v) is 11.2. The number of carboxylic acid groups (broad SMARTS) is 1. The van der Waals surface area contributed by atoms with Crippen molar-refractivity contribution in [3.8, 4) is 0 Å². The molecule has 0 bridgehead atoms. The highest BCUT2D eigenvalue weighted by atomic mass is 19.1. The molecule has 2 fully saturated rings. The van der Waals surface area contributed by atoms with Gasteiger partial charge in [-0.3, -0.25) is 10.2 Å². The van der Waals surface area contributed by atoms with Crippen LogP contribution in [0.25, 0.3) is 10.9 Å². The third-order valence-electron chi connectivity index (χ3n) is 6.20. The van der Waals surface area contributed by atoms with Gasteiger partial charge in [0.05, 0.1) is 24.4 Å². The SMILES string of the molecule is CCn1cc(C(=O)O)c(=O)c2cc(F)c(N3CCN(/C(N)=N/C(=N)N4CCOCC4)CC3)cc21. The Morgan fingerprint density at radius 1 is 1.18 bits per heavy atom. The number of aromatic nitrogens is 1. The van der Waals surface area contributed by atoms with Crippen LogP contribution in [0.3, 0.4) is 0 Å². The third kappa shape index (κ3) is 4.53. The van der Waals surface area contributed by atoms with Gasteiger partial charge < -0.3 is 34.8 Å². The Balaban J connectivity index is 1.53. The molecule has 0 atom stereocenters. The Morgan fingerprint density at radius 3 is 2.47 bits per heavy atom. The number of rotatable bonds is 3. The first kappa shape index (κ1) is 23.5. The van der Waals surface area contributed by atoms with Gasteiger partial charge in [-0.05, 0) is 19.1 Å². The normalized spacial score (nSPS) is 17.4. The minimum atomic E-state index is -1.34. The van der Waals surface area contributed by atoms with Gasteiger partial charge in [0.25, 0.3) is 0 Å². The van der Waals surface area contributed by atoms with Gasteiger partial charge in [0.1, 0.15) is 11.4 Å². The molecule has 1 aromatic carbocycles. The lowest BCUT2D eigenvalue weighted by atomic mass is 10.1. The van der Waals surface area contributed by atoms with Crippen LogP contribution in [0, 0.1) is 11.2 Å². The second-order valence-corrected chi connectivity index (χ2v) is 8.15. The van der Waals surface area contributed by atoms with E-state index < -0.39 is 17.2 Å². The quantitative estimate of drug-likeness (QED) is 0.434. The molecule has 2 aliphatic rings. The van der Waals surface area contributed by atoms with Crippen LogP contribution in [0.2, 0.25) is 0 Å². The number of guanidine groups is 2. The summed E-state index contributed by atoms with van der Waals surface area (Å²) in [6.07, 6.45) is 1.30. The Bertz CT molecular complexity index is 1200. The third-order valence-corrected chi connectivity index (χ3v) is 6.20. The van der Waals surface area contributed by atoms with Gasteiger partial charge in [0.2, 0.25) is 11.4 Å². The number of hydrogen-bond acceptors (Lipinski definition) is 5. The largest absolute Gasteiger partial charge is 0.477 e. The molecule has 4 rings (SSSR count). The maximum absolute atomic E-state index is 15.0. The van der Waals surface area contributed by atoms with E-state index >= 15 is 4.39 Å². The summed E-state index contributed by atoms with van der Waals surface area (Å²) in [5.74, 6) is -1.58. The van der Waals surface area contributed by atoms with E-state index in [1.165, 1.54) is 6.20 Å². The molecule has 182 valence electrons. The molecule has 11 nitrogen and oxygen atoms in total. The maximum Gasteiger partial charge on any atom is 0.341 e. The molecule has 0 unspecified atom stereocenters. The van der Waals surface area contributed by atoms with Crippen LogP contribution in [0.4, 0.5) is 10.1 Å². The molecule has 12 heteroatoms. The number of piperazine rings is 1. The van der Waals surface area contributed by atoms with Crippen LogP contribution < -0.4 is 16.1 Å². The highest BCUT2D eigenvalue weighted by Gasteiger charge is 2.24. The number of fused-ring (bicyclic) bond motifs is 1. The van der Waals surface area contributed by atoms with Crippen LogP contribution in [-0.4, -0.2) is 89.8 Å². The number of aliphatic imine (C=N–C) groups is 1. The molecule has 3 heterocycles. The highest BCUT2D eigenvalue weighted by Crippen LogP contribution is 2.26. The van der Waals surface area contributed by atoms with Crippen molar-refractivity contribution in [2.75, 3.05) is 57.4 Å². The van der Waals surface area contributed by atoms with E-state index in [9.17, 15) is 14.7 Å². The Kier molecular flexibility index (Phi) is 6.68. The number of carboxylic acids is 1. The van der Waals surface area contributed by atoms with Gasteiger partial charge >= 0.3 is 5.97 Å². The zero-order valence-electron chi connectivity index (χ0n) is 19.0. The van der Waals surface area contributed by atoms with Gasteiger partial charge in [-0.1, -0.05) is 0 Å². The zero-order chi connectivity index (χ0) is 24.4. The lowest BCUT2D eigenvalue weighted by Crippen LogP contribution is -2.52. The number of benzene rings is 1. The summed E-state index contributed by atoms with van der Waals surface area (Å²) in [7, 11) is 0. The summed E-state index contributed by atoms with van der Waals surface area (Å²) in [6.45, 7) is 6.47. The van der Waals surface area contributed by atoms with Gasteiger partial charge in [-0.25, -0.2) is 9.18 Å². The fraction of sp³-hybridized carbons (Fsp3) is 0.455. The van der Waals surface area contributed by atoms with E-state index in [1.807, 2.05) is 16.7 Å². The molecule has 4 N–H and O–H groups in total. The van der Waals surface area contributed by atoms with Crippen LogP contribution in [-0.2, 0) is 11.3 Å². The molecule has 0 aliphatic carbocycles. The minimum Gasteiger partial charge on any atom is -0.477 e. The molecule has 0 spiro atoms. The smallest absolute Gasteiger partial charge is 0.341 e. The van der Waals surface area contributed by atoms with Crippen molar-refractivity contribution in [3.05, 3.63) is 39.9 Å². The average molecular weight is 474 g/mol. The molecule has 1 aromatic heterocycles. The first-order chi connectivity index (χ1) is 16.3. The van der Waals surface area contributed by atoms with Crippen molar-refractivity contribution < 1.29 is 19.0 Å². The minimum absolute atomic E-state index is 0.0413. The van der Waals surface area contributed by atoms with Gasteiger partial charge in [0, 0.05) is 57.4 Å². The van der Waals surface area contributed by atoms with Crippen molar-refractivity contribution >= 4 is 34.5 Å². The lowest BCUT2D eigenvalue weighted by Gasteiger charge is -2.37. The molecule has 2 aliphatic heterocycles. The molecule has 2 aromatic rings. The number of nitrogens with zero attached hydrogens (tertiary/aromatic N) is 5. The standard InChI is InChI=1S/C22H28FN7O4/c1-2-27-13-15(20(32)33)19(31)14-11-16(23)18(12-17(14)27)28-3-5-29(6-4-28)21(24)26-22(25)30-7-9-34-10-8-30/h11-13H,2-10H2,1H3,(H,32,33)(H3,24,25,26). The fourth-order valence-corrected chi connectivity index (χ4v) is 4.26. The molecule has 0 saturated carbocycles. The van der Waals surface area contributed by atoms with Crippen LogP contribution in [0.1, 0.15) is 17.3 Å². The van der Waals surface area contributed by atoms with Crippen molar-refractivity contribution in [2.24, 2.45) is 10.7 Å². The predicted molar refractivity (Wildman–Crippen MR) is 126 cm³/mol. The zero-order valence-corrected chi connectivity index (χ0v) is 19.0. The van der Waals surface area contributed by atoms with Gasteiger partial charge in [0.15, 0.2) is 5.96 Å². The number of pyridine rings is 1. The monoisotopic (exact) mass is 473 g/mol. The van der Waals surface area contributed by atoms with E-state index in [-0.39, 0.29) is 22.9 Å². The summed E-state index contributed by atoms with van der Waals surface area (Å²) < 4.78 is 22.0. The average Bonchev–Trinajstić information content (AvgIpc) is 2.84. The van der Waals surface area contributed by atoms with E-state index in [2.05, 4.69) is 4.99 Å². The Labute approximate surface area is 195 Å². The molecule has 0 radical (unpaired) electrons. The van der Waals surface area contributed by atoms with E-state index in [4.69, 9.17) is 15.9 Å². The predicted octanol–water partition coefficient (Wildman–Crippen LogP) is 0.562. The number of aryl methyl sites for hydroxylation is 1. The Hall–Kier alpha value is -3.67. The summed E-state index contributed by atoms with van der Waals surface area (Å²) in [5.41, 5.74) is 5.88. The number of morpholine rings is 1. The molecule has 2 saturated heterocycles. The summed E-state index contributed by atoms with van der Waals surface area (Å²) in [5, 5.41) is 17.5. The Morgan fingerprint density at radius 2 is 1.85 bits per heavy atom. The van der Waals surface area contributed by atoms with Gasteiger partial charge in [-0.15, -0.1) is 0 Å². The van der Waals surface area contributed by atoms with Gasteiger partial charge in [-0.2, -0.15) is 4.99 Å². The topological polar surface area (TPSA) is 140 Å². The summed E-state index contributed by atoms with van der Waals surface area (Å²) >= 11 is 0. The second kappa shape index (κ2) is 9.67. The van der Waals surface area contributed by atoms with E-state index in [0.717, 1.165) is 6.07 Å². The number of hydrogen-bond donors (Lipinski definition) is 3. The molecule has 34 heavy (non-hydrogen) atoms. The maximum atomic E-state index is 15.0. The van der Waals surface area contributed by atoms with Crippen molar-refractivity contribution in [1.82, 2.24) is 14.4 Å². The number of nitrogens with two attached hydrogens (primary N) is 1. The lowest BCUT2D eigenvalue weighted by molar-refractivity contribution is 0.0672. The highest BCUT2D eigenvalue weighted by molar-refractivity contribution is 5.94. The number of halogens is 1. The summed E-state index contributed by atoms with van der Waals surface area (Å²) in [6, 6.07) is 2.72. The van der Waals surface area contributed by atoms with Crippen LogP contribution in [0.15, 0.2) is 28.1 Å². The molecule has 0 amide bonds. The number of carbonyl (C=O) groups is 1. The van der Waals surface area contributed by atoms with E-state index in [1.54, 1.807) is 15.5 Å². The second-order valence-electron chi connectivity index (χ2n) is 8.15. The van der Waals surface area contributed by atoms with Crippen molar-refractivity contribution in [1.29, 1.82) is 5.41 Å². The first-order valence-electron chi connectivity index (χ1n) is 11.2. The van der Waals surface area contributed by atoms with Crippen LogP contribution in [0.5, 0.6) is 0 Å². The number of aromatic carboxylic acids is 1. The fourth-order valence-electron chi connectivity index (χ4n) is 4.26. The molecular formula is C22H28FN7O4. The van der Waals surface area contributed by atoms with E-state index in [0.29, 0.717) is 70.2 Å².